The zero-order valence-electron chi connectivity index (χ0n) is 12.2. The standard InChI is InChI=1S/C15H19ClFNO4/c1-18(7-10(20)8-19)15(21)11-4-5-22-14(11)9-2-3-12(16)13(17)6-9/h2-3,6,10-11,14,19-20H,4-5,7-8H2,1H3/t10-,11+,14-/m0/s1. The summed E-state index contributed by atoms with van der Waals surface area (Å²) in [5.41, 5.74) is 0.564. The molecule has 5 nitrogen and oxygen atoms in total. The van der Waals surface area contributed by atoms with Gasteiger partial charge in [0.25, 0.3) is 0 Å². The van der Waals surface area contributed by atoms with Crippen LogP contribution in [0, 0.1) is 11.7 Å². The van der Waals surface area contributed by atoms with Crippen molar-refractivity contribution >= 4 is 17.5 Å². The van der Waals surface area contributed by atoms with Gasteiger partial charge in [0.15, 0.2) is 0 Å². The average molecular weight is 332 g/mol. The highest BCUT2D eigenvalue weighted by Gasteiger charge is 2.37. The first-order valence-electron chi connectivity index (χ1n) is 7.04. The molecule has 1 aromatic rings. The van der Waals surface area contributed by atoms with Gasteiger partial charge < -0.3 is 19.8 Å². The van der Waals surface area contributed by atoms with Crippen LogP contribution in [0.3, 0.4) is 0 Å². The van der Waals surface area contributed by atoms with E-state index in [9.17, 15) is 14.3 Å². The van der Waals surface area contributed by atoms with Gasteiger partial charge >= 0.3 is 0 Å². The number of aliphatic hydroxyl groups excluding tert-OH is 2. The van der Waals surface area contributed by atoms with E-state index in [0.717, 1.165) is 0 Å². The van der Waals surface area contributed by atoms with Crippen LogP contribution in [-0.4, -0.2) is 53.9 Å². The van der Waals surface area contributed by atoms with E-state index < -0.39 is 30.5 Å². The number of carbonyl (C=O) groups is 1. The van der Waals surface area contributed by atoms with E-state index in [-0.39, 0.29) is 17.5 Å². The lowest BCUT2D eigenvalue weighted by Gasteiger charge is -2.26. The monoisotopic (exact) mass is 331 g/mol. The molecule has 0 unspecified atom stereocenters. The number of carbonyl (C=O) groups excluding carboxylic acids is 1. The lowest BCUT2D eigenvalue weighted by atomic mass is 9.94. The quantitative estimate of drug-likeness (QED) is 0.855. The summed E-state index contributed by atoms with van der Waals surface area (Å²) < 4.78 is 19.2. The van der Waals surface area contributed by atoms with E-state index >= 15 is 0 Å². The molecule has 3 atom stereocenters. The van der Waals surface area contributed by atoms with Crippen LogP contribution in [-0.2, 0) is 9.53 Å². The summed E-state index contributed by atoms with van der Waals surface area (Å²) in [5.74, 6) is -1.20. The van der Waals surface area contributed by atoms with Gasteiger partial charge in [0, 0.05) is 20.2 Å². The number of rotatable bonds is 5. The van der Waals surface area contributed by atoms with Gasteiger partial charge in [-0.1, -0.05) is 17.7 Å². The van der Waals surface area contributed by atoms with Crippen LogP contribution in [0.4, 0.5) is 4.39 Å². The molecule has 1 aromatic carbocycles. The molecule has 0 aromatic heterocycles. The van der Waals surface area contributed by atoms with Crippen molar-refractivity contribution in [3.63, 3.8) is 0 Å². The minimum Gasteiger partial charge on any atom is -0.394 e. The first kappa shape index (κ1) is 17.1. The van der Waals surface area contributed by atoms with Gasteiger partial charge in [-0.05, 0) is 24.1 Å². The summed E-state index contributed by atoms with van der Waals surface area (Å²) in [6.45, 7) is 0.0276. The Balaban J connectivity index is 2.12. The predicted octanol–water partition coefficient (Wildman–Crippen LogP) is 1.37. The Morgan fingerprint density at radius 1 is 1.59 bits per heavy atom. The van der Waals surface area contributed by atoms with E-state index in [4.69, 9.17) is 21.4 Å². The van der Waals surface area contributed by atoms with Gasteiger partial charge in [0.1, 0.15) is 5.82 Å². The molecule has 2 rings (SSSR count). The molecule has 0 radical (unpaired) electrons. The Hall–Kier alpha value is -1.21. The number of ether oxygens (including phenoxy) is 1. The summed E-state index contributed by atoms with van der Waals surface area (Å²) in [7, 11) is 1.55. The van der Waals surface area contributed by atoms with Crippen molar-refractivity contribution in [2.45, 2.75) is 18.6 Å². The molecule has 1 aliphatic heterocycles. The van der Waals surface area contributed by atoms with E-state index in [1.165, 1.54) is 17.0 Å². The van der Waals surface area contributed by atoms with E-state index in [2.05, 4.69) is 0 Å². The molecule has 22 heavy (non-hydrogen) atoms. The average Bonchev–Trinajstić information content (AvgIpc) is 2.98. The summed E-state index contributed by atoms with van der Waals surface area (Å²) in [4.78, 5) is 13.8. The Bertz CT molecular complexity index is 542. The summed E-state index contributed by atoms with van der Waals surface area (Å²) >= 11 is 5.67. The van der Waals surface area contributed by atoms with Crippen LogP contribution in [0.2, 0.25) is 5.02 Å². The van der Waals surface area contributed by atoms with Crippen LogP contribution < -0.4 is 0 Å². The smallest absolute Gasteiger partial charge is 0.228 e. The van der Waals surface area contributed by atoms with E-state index in [0.29, 0.717) is 18.6 Å². The molecule has 1 amide bonds. The van der Waals surface area contributed by atoms with Crippen molar-refractivity contribution in [2.75, 3.05) is 26.8 Å². The van der Waals surface area contributed by atoms with Gasteiger partial charge in [0.2, 0.25) is 5.91 Å². The zero-order chi connectivity index (χ0) is 16.3. The lowest BCUT2D eigenvalue weighted by Crippen LogP contribution is -2.40. The van der Waals surface area contributed by atoms with Crippen molar-refractivity contribution in [1.29, 1.82) is 0 Å². The predicted molar refractivity (Wildman–Crippen MR) is 78.9 cm³/mol. The number of likely N-dealkylation sites (N-methyl/N-ethyl adjacent to an activating group) is 1. The Kier molecular flexibility index (Phi) is 5.74. The Morgan fingerprint density at radius 2 is 2.32 bits per heavy atom. The van der Waals surface area contributed by atoms with Crippen LogP contribution in [0.5, 0.6) is 0 Å². The molecule has 0 bridgehead atoms. The molecule has 1 saturated heterocycles. The molecule has 0 spiro atoms. The molecule has 7 heteroatoms. The minimum absolute atomic E-state index is 0.0211. The number of nitrogens with zero attached hydrogens (tertiary/aromatic N) is 1. The van der Waals surface area contributed by atoms with Crippen LogP contribution in [0.25, 0.3) is 0 Å². The fourth-order valence-corrected chi connectivity index (χ4v) is 2.72. The third kappa shape index (κ3) is 3.76. The highest BCUT2D eigenvalue weighted by Crippen LogP contribution is 2.36. The highest BCUT2D eigenvalue weighted by atomic mass is 35.5. The summed E-state index contributed by atoms with van der Waals surface area (Å²) in [6.07, 6.45) is -0.997. The number of halogens is 2. The molecule has 1 aliphatic rings. The molecule has 2 N–H and O–H groups in total. The lowest BCUT2D eigenvalue weighted by molar-refractivity contribution is -0.137. The highest BCUT2D eigenvalue weighted by molar-refractivity contribution is 6.30. The molecule has 1 fully saturated rings. The molecular weight excluding hydrogens is 313 g/mol. The second-order valence-electron chi connectivity index (χ2n) is 5.42. The largest absolute Gasteiger partial charge is 0.394 e. The van der Waals surface area contributed by atoms with Crippen molar-refractivity contribution < 1.29 is 24.1 Å². The number of aliphatic hydroxyl groups is 2. The second-order valence-corrected chi connectivity index (χ2v) is 5.82. The third-order valence-electron chi connectivity index (χ3n) is 3.75. The molecule has 122 valence electrons. The number of benzene rings is 1. The zero-order valence-corrected chi connectivity index (χ0v) is 13.0. The third-order valence-corrected chi connectivity index (χ3v) is 4.06. The first-order valence-corrected chi connectivity index (χ1v) is 7.42. The Morgan fingerprint density at radius 3 is 2.95 bits per heavy atom. The van der Waals surface area contributed by atoms with E-state index in [1.807, 2.05) is 0 Å². The van der Waals surface area contributed by atoms with Gasteiger partial charge in [-0.3, -0.25) is 4.79 Å². The summed E-state index contributed by atoms with van der Waals surface area (Å²) in [6, 6.07) is 4.36. The first-order chi connectivity index (χ1) is 10.4. The Labute approximate surface area is 133 Å². The number of amides is 1. The maximum Gasteiger partial charge on any atom is 0.228 e. The van der Waals surface area contributed by atoms with Crippen molar-refractivity contribution in [2.24, 2.45) is 5.92 Å². The molecule has 1 heterocycles. The number of hydrogen-bond donors (Lipinski definition) is 2. The van der Waals surface area contributed by atoms with Crippen LogP contribution in [0.1, 0.15) is 18.1 Å². The maximum absolute atomic E-state index is 13.6. The normalized spacial score (nSPS) is 22.6. The van der Waals surface area contributed by atoms with Gasteiger partial charge in [0.05, 0.1) is 29.8 Å². The van der Waals surface area contributed by atoms with Crippen molar-refractivity contribution in [3.8, 4) is 0 Å². The van der Waals surface area contributed by atoms with Gasteiger partial charge in [-0.25, -0.2) is 4.39 Å². The van der Waals surface area contributed by atoms with Crippen LogP contribution in [0.15, 0.2) is 18.2 Å². The van der Waals surface area contributed by atoms with E-state index in [1.54, 1.807) is 13.1 Å². The fourth-order valence-electron chi connectivity index (χ4n) is 2.61. The summed E-state index contributed by atoms with van der Waals surface area (Å²) in [5, 5.41) is 18.3. The second kappa shape index (κ2) is 7.37. The SMILES string of the molecule is CN(C[C@H](O)CO)C(=O)[C@@H]1CCO[C@H]1c1ccc(Cl)c(F)c1. The molecule has 0 aliphatic carbocycles. The van der Waals surface area contributed by atoms with Crippen molar-refractivity contribution in [1.82, 2.24) is 4.90 Å². The number of hydrogen-bond acceptors (Lipinski definition) is 4. The fraction of sp³-hybridized carbons (Fsp3) is 0.533. The van der Waals surface area contributed by atoms with Gasteiger partial charge in [-0.2, -0.15) is 0 Å². The molecular formula is C15H19ClFNO4. The minimum atomic E-state index is -0.984. The van der Waals surface area contributed by atoms with Gasteiger partial charge in [-0.15, -0.1) is 0 Å². The maximum atomic E-state index is 13.6. The topological polar surface area (TPSA) is 70.0 Å². The van der Waals surface area contributed by atoms with Crippen molar-refractivity contribution in [3.05, 3.63) is 34.6 Å². The van der Waals surface area contributed by atoms with Crippen LogP contribution >= 0.6 is 11.6 Å². The molecule has 0 saturated carbocycles.